The van der Waals surface area contributed by atoms with Gasteiger partial charge in [-0.2, -0.15) is 0 Å². The Morgan fingerprint density at radius 3 is 3.13 bits per heavy atom. The van der Waals surface area contributed by atoms with Crippen molar-refractivity contribution in [2.24, 2.45) is 0 Å². The lowest BCUT2D eigenvalue weighted by atomic mass is 10.1. The number of imidazole rings is 1. The first kappa shape index (κ1) is 10.2. The summed E-state index contributed by atoms with van der Waals surface area (Å²) in [7, 11) is 1.38. The molecule has 0 bridgehead atoms. The minimum absolute atomic E-state index is 0.241. The molecule has 0 amide bonds. The Morgan fingerprint density at radius 1 is 1.60 bits per heavy atom. The van der Waals surface area contributed by atoms with Crippen LogP contribution in [0, 0.1) is 0 Å². The second-order valence-corrected chi connectivity index (χ2v) is 3.94. The minimum atomic E-state index is -0.262. The molecule has 1 N–H and O–H groups in total. The van der Waals surface area contributed by atoms with Gasteiger partial charge in [0.15, 0.2) is 0 Å². The summed E-state index contributed by atoms with van der Waals surface area (Å²) in [5, 5.41) is 0. The van der Waals surface area contributed by atoms with Gasteiger partial charge in [-0.15, -0.1) is 0 Å². The number of aromatic amines is 1. The average molecular weight is 269 g/mol. The molecule has 0 aliphatic carbocycles. The topological polar surface area (TPSA) is 55.0 Å². The molecule has 5 heteroatoms. The normalized spacial score (nSPS) is 10.5. The molecule has 78 valence electrons. The molecule has 0 saturated heterocycles. The number of hydrogen-bond acceptors (Lipinski definition) is 3. The zero-order valence-electron chi connectivity index (χ0n) is 8.08. The van der Waals surface area contributed by atoms with Crippen molar-refractivity contribution < 1.29 is 9.53 Å². The Morgan fingerprint density at radius 2 is 2.40 bits per heavy atom. The molecular formula is C10H9BrN2O2. The first-order chi connectivity index (χ1) is 7.22. The van der Waals surface area contributed by atoms with Gasteiger partial charge < -0.3 is 9.72 Å². The van der Waals surface area contributed by atoms with E-state index in [0.29, 0.717) is 0 Å². The van der Waals surface area contributed by atoms with E-state index in [4.69, 9.17) is 0 Å². The van der Waals surface area contributed by atoms with Crippen LogP contribution in [-0.2, 0) is 16.0 Å². The molecule has 0 spiro atoms. The van der Waals surface area contributed by atoms with Crippen LogP contribution in [0.3, 0.4) is 0 Å². The second-order valence-electron chi connectivity index (χ2n) is 3.09. The molecule has 0 atom stereocenters. The molecule has 0 saturated carbocycles. The van der Waals surface area contributed by atoms with E-state index >= 15 is 0 Å². The number of nitrogens with one attached hydrogen (secondary N) is 1. The largest absolute Gasteiger partial charge is 0.469 e. The van der Waals surface area contributed by atoms with E-state index in [9.17, 15) is 4.79 Å². The van der Waals surface area contributed by atoms with E-state index in [2.05, 4.69) is 30.6 Å². The number of rotatable bonds is 2. The van der Waals surface area contributed by atoms with E-state index in [-0.39, 0.29) is 12.4 Å². The molecule has 0 unspecified atom stereocenters. The van der Waals surface area contributed by atoms with Crippen LogP contribution < -0.4 is 0 Å². The fraction of sp³-hybridized carbons (Fsp3) is 0.200. The summed E-state index contributed by atoms with van der Waals surface area (Å²) in [6.45, 7) is 0. The molecule has 2 rings (SSSR count). The third-order valence-electron chi connectivity index (χ3n) is 2.18. The van der Waals surface area contributed by atoms with Crippen molar-refractivity contribution in [3.63, 3.8) is 0 Å². The number of methoxy groups -OCH3 is 1. The zero-order chi connectivity index (χ0) is 10.8. The molecule has 1 aromatic carbocycles. The van der Waals surface area contributed by atoms with E-state index < -0.39 is 0 Å². The zero-order valence-corrected chi connectivity index (χ0v) is 9.67. The molecule has 15 heavy (non-hydrogen) atoms. The van der Waals surface area contributed by atoms with Crippen molar-refractivity contribution in [2.45, 2.75) is 6.42 Å². The molecule has 2 aromatic rings. The van der Waals surface area contributed by atoms with Crippen LogP contribution in [0.2, 0.25) is 0 Å². The number of fused-ring (bicyclic) bond motifs is 1. The SMILES string of the molecule is COC(=O)Cc1ccc(Br)c2[nH]cnc12. The fourth-order valence-electron chi connectivity index (χ4n) is 1.43. The van der Waals surface area contributed by atoms with Crippen molar-refractivity contribution in [1.29, 1.82) is 0 Å². The third kappa shape index (κ3) is 1.87. The maximum absolute atomic E-state index is 11.2. The number of hydrogen-bond donors (Lipinski definition) is 1. The predicted octanol–water partition coefficient (Wildman–Crippen LogP) is 2.04. The highest BCUT2D eigenvalue weighted by atomic mass is 79.9. The van der Waals surface area contributed by atoms with Crippen molar-refractivity contribution in [1.82, 2.24) is 9.97 Å². The van der Waals surface area contributed by atoms with Gasteiger partial charge in [0.05, 0.1) is 30.9 Å². The van der Waals surface area contributed by atoms with Crippen LogP contribution in [-0.4, -0.2) is 23.0 Å². The predicted molar refractivity (Wildman–Crippen MR) is 59.5 cm³/mol. The van der Waals surface area contributed by atoms with Crippen molar-refractivity contribution in [3.05, 3.63) is 28.5 Å². The van der Waals surface area contributed by atoms with Crippen LogP contribution in [0.25, 0.3) is 11.0 Å². The van der Waals surface area contributed by atoms with Crippen LogP contribution in [0.15, 0.2) is 22.9 Å². The number of ether oxygens (including phenoxy) is 1. The van der Waals surface area contributed by atoms with E-state index in [0.717, 1.165) is 21.1 Å². The highest BCUT2D eigenvalue weighted by Crippen LogP contribution is 2.24. The Labute approximate surface area is 94.8 Å². The third-order valence-corrected chi connectivity index (χ3v) is 2.84. The number of benzene rings is 1. The van der Waals surface area contributed by atoms with Gasteiger partial charge in [0.1, 0.15) is 0 Å². The van der Waals surface area contributed by atoms with Gasteiger partial charge in [-0.1, -0.05) is 6.07 Å². The first-order valence-electron chi connectivity index (χ1n) is 4.39. The van der Waals surface area contributed by atoms with Crippen molar-refractivity contribution in [3.8, 4) is 0 Å². The fourth-order valence-corrected chi connectivity index (χ4v) is 1.86. The summed E-state index contributed by atoms with van der Waals surface area (Å²) < 4.78 is 5.56. The molecule has 0 fully saturated rings. The van der Waals surface area contributed by atoms with E-state index in [1.54, 1.807) is 6.33 Å². The van der Waals surface area contributed by atoms with E-state index in [1.165, 1.54) is 7.11 Å². The van der Waals surface area contributed by atoms with Gasteiger partial charge in [0.2, 0.25) is 0 Å². The number of halogens is 1. The lowest BCUT2D eigenvalue weighted by molar-refractivity contribution is -0.139. The molecular weight excluding hydrogens is 260 g/mol. The summed E-state index contributed by atoms with van der Waals surface area (Å²) in [5.41, 5.74) is 2.56. The molecule has 1 aromatic heterocycles. The van der Waals surface area contributed by atoms with Gasteiger partial charge in [-0.05, 0) is 27.6 Å². The summed E-state index contributed by atoms with van der Waals surface area (Å²) in [4.78, 5) is 18.3. The summed E-state index contributed by atoms with van der Waals surface area (Å²) in [6, 6.07) is 3.75. The Hall–Kier alpha value is -1.36. The van der Waals surface area contributed by atoms with Gasteiger partial charge >= 0.3 is 5.97 Å². The number of carbonyl (C=O) groups excluding carboxylic acids is 1. The average Bonchev–Trinajstić information content (AvgIpc) is 2.71. The first-order valence-corrected chi connectivity index (χ1v) is 5.19. The maximum atomic E-state index is 11.2. The number of carbonyl (C=O) groups is 1. The van der Waals surface area contributed by atoms with Crippen LogP contribution >= 0.6 is 15.9 Å². The number of nitrogens with zero attached hydrogens (tertiary/aromatic N) is 1. The van der Waals surface area contributed by atoms with E-state index in [1.807, 2.05) is 12.1 Å². The monoisotopic (exact) mass is 268 g/mol. The summed E-state index contributed by atoms with van der Waals surface area (Å²) >= 11 is 3.41. The molecule has 0 radical (unpaired) electrons. The highest BCUT2D eigenvalue weighted by molar-refractivity contribution is 9.10. The molecule has 0 aliphatic rings. The molecule has 4 nitrogen and oxygen atoms in total. The summed E-state index contributed by atoms with van der Waals surface area (Å²) in [6.07, 6.45) is 1.85. The smallest absolute Gasteiger partial charge is 0.310 e. The Balaban J connectivity index is 2.48. The molecule has 1 heterocycles. The summed E-state index contributed by atoms with van der Waals surface area (Å²) in [5.74, 6) is -0.262. The standard InChI is InChI=1S/C10H9BrN2O2/c1-15-8(14)4-6-2-3-7(11)10-9(6)12-5-13-10/h2-3,5H,4H2,1H3,(H,12,13). The highest BCUT2D eigenvalue weighted by Gasteiger charge is 2.10. The maximum Gasteiger partial charge on any atom is 0.310 e. The second kappa shape index (κ2) is 4.02. The lowest BCUT2D eigenvalue weighted by Crippen LogP contribution is -2.04. The van der Waals surface area contributed by atoms with Crippen LogP contribution in [0.1, 0.15) is 5.56 Å². The van der Waals surface area contributed by atoms with Gasteiger partial charge in [0.25, 0.3) is 0 Å². The number of H-pyrrole nitrogens is 1. The van der Waals surface area contributed by atoms with Crippen molar-refractivity contribution in [2.75, 3.05) is 7.11 Å². The van der Waals surface area contributed by atoms with Crippen LogP contribution in [0.5, 0.6) is 0 Å². The van der Waals surface area contributed by atoms with Gasteiger partial charge in [-0.25, -0.2) is 4.98 Å². The number of esters is 1. The van der Waals surface area contributed by atoms with Crippen molar-refractivity contribution >= 4 is 32.9 Å². The van der Waals surface area contributed by atoms with Crippen LogP contribution in [0.4, 0.5) is 0 Å². The Kier molecular flexibility index (Phi) is 2.73. The minimum Gasteiger partial charge on any atom is -0.469 e. The molecule has 0 aliphatic heterocycles. The van der Waals surface area contributed by atoms with Gasteiger partial charge in [-0.3, -0.25) is 4.79 Å². The number of aromatic nitrogens is 2. The Bertz CT molecular complexity index is 507. The van der Waals surface area contributed by atoms with Gasteiger partial charge in [0, 0.05) is 4.47 Å². The quantitative estimate of drug-likeness (QED) is 0.849. The lowest BCUT2D eigenvalue weighted by Gasteiger charge is -2.02.